The van der Waals surface area contributed by atoms with Crippen molar-refractivity contribution in [3.63, 3.8) is 0 Å². The van der Waals surface area contributed by atoms with Crippen LogP contribution in [-0.4, -0.2) is 42.9 Å². The molecule has 2 heterocycles. The van der Waals surface area contributed by atoms with Crippen molar-refractivity contribution < 1.29 is 9.47 Å². The van der Waals surface area contributed by atoms with Gasteiger partial charge in [0.2, 0.25) is 0 Å². The second kappa shape index (κ2) is 7.10. The van der Waals surface area contributed by atoms with Gasteiger partial charge in [-0.1, -0.05) is 13.3 Å². The highest BCUT2D eigenvalue weighted by Gasteiger charge is 2.15. The average molecular weight is 267 g/mol. The summed E-state index contributed by atoms with van der Waals surface area (Å²) in [4.78, 5) is 10.7. The van der Waals surface area contributed by atoms with E-state index >= 15 is 0 Å². The van der Waals surface area contributed by atoms with Crippen molar-refractivity contribution in [2.75, 3.05) is 43.2 Å². The molecular weight excluding hydrogens is 246 g/mol. The lowest BCUT2D eigenvalue weighted by Crippen LogP contribution is -2.37. The number of morpholine rings is 1. The van der Waals surface area contributed by atoms with Crippen LogP contribution < -0.4 is 20.9 Å². The second-order valence-electron chi connectivity index (χ2n) is 4.34. The maximum atomic E-state index is 5.54. The monoisotopic (exact) mass is 267 g/mol. The van der Waals surface area contributed by atoms with Crippen molar-refractivity contribution >= 4 is 11.6 Å². The molecule has 0 aromatic carbocycles. The molecule has 0 bridgehead atoms. The molecule has 0 amide bonds. The minimum Gasteiger partial charge on any atom is -0.463 e. The molecule has 0 atom stereocenters. The number of ether oxygens (including phenoxy) is 2. The average Bonchev–Trinajstić information content (AvgIpc) is 2.48. The van der Waals surface area contributed by atoms with Crippen molar-refractivity contribution in [1.82, 2.24) is 9.97 Å². The predicted octanol–water partition coefficient (Wildman–Crippen LogP) is 0.778. The van der Waals surface area contributed by atoms with Crippen LogP contribution in [0.3, 0.4) is 0 Å². The first-order valence-electron chi connectivity index (χ1n) is 6.64. The fourth-order valence-corrected chi connectivity index (χ4v) is 1.81. The zero-order chi connectivity index (χ0) is 13.5. The molecule has 1 aromatic heterocycles. The molecule has 1 aliphatic heterocycles. The zero-order valence-corrected chi connectivity index (χ0v) is 11.3. The Balaban J connectivity index is 2.10. The highest BCUT2D eigenvalue weighted by Crippen LogP contribution is 2.20. The van der Waals surface area contributed by atoms with E-state index in [9.17, 15) is 0 Å². The standard InChI is InChI=1S/C12H21N5O2/c1-2-3-6-19-12-14-10(16-13)9-11(15-12)17-4-7-18-8-5-17/h9H,2-8,13H2,1H3,(H,14,15,16). The maximum absolute atomic E-state index is 5.54. The Bertz CT molecular complexity index is 396. The van der Waals surface area contributed by atoms with Crippen LogP contribution in [-0.2, 0) is 4.74 Å². The molecule has 7 nitrogen and oxygen atoms in total. The van der Waals surface area contributed by atoms with Crippen molar-refractivity contribution in [1.29, 1.82) is 0 Å². The number of aromatic nitrogens is 2. The Labute approximate surface area is 113 Å². The molecule has 0 saturated carbocycles. The molecule has 1 fully saturated rings. The van der Waals surface area contributed by atoms with Crippen molar-refractivity contribution in [2.45, 2.75) is 19.8 Å². The van der Waals surface area contributed by atoms with Gasteiger partial charge in [0.05, 0.1) is 19.8 Å². The Hall–Kier alpha value is -1.60. The second-order valence-corrected chi connectivity index (χ2v) is 4.34. The predicted molar refractivity (Wildman–Crippen MR) is 73.3 cm³/mol. The number of nitrogens with zero attached hydrogens (tertiary/aromatic N) is 3. The molecule has 2 rings (SSSR count). The summed E-state index contributed by atoms with van der Waals surface area (Å²) in [5.74, 6) is 6.81. The molecule has 0 radical (unpaired) electrons. The highest BCUT2D eigenvalue weighted by molar-refractivity contribution is 5.50. The van der Waals surface area contributed by atoms with E-state index in [-0.39, 0.29) is 0 Å². The largest absolute Gasteiger partial charge is 0.463 e. The summed E-state index contributed by atoms with van der Waals surface area (Å²) in [5.41, 5.74) is 2.55. The molecule has 1 aliphatic rings. The summed E-state index contributed by atoms with van der Waals surface area (Å²) < 4.78 is 10.9. The van der Waals surface area contributed by atoms with E-state index in [1.54, 1.807) is 0 Å². The minimum atomic E-state index is 0.366. The Morgan fingerprint density at radius 3 is 2.89 bits per heavy atom. The van der Waals surface area contributed by atoms with Crippen LogP contribution in [0.2, 0.25) is 0 Å². The van der Waals surface area contributed by atoms with Gasteiger partial charge in [-0.3, -0.25) is 0 Å². The SMILES string of the molecule is CCCCOc1nc(NN)cc(N2CCOCC2)n1. The summed E-state index contributed by atoms with van der Waals surface area (Å²) in [5, 5.41) is 0. The van der Waals surface area contributed by atoms with Gasteiger partial charge in [0, 0.05) is 19.2 Å². The van der Waals surface area contributed by atoms with Crippen molar-refractivity contribution in [3.05, 3.63) is 6.07 Å². The molecule has 0 aliphatic carbocycles. The Morgan fingerprint density at radius 2 is 2.21 bits per heavy atom. The summed E-state index contributed by atoms with van der Waals surface area (Å²) >= 11 is 0. The molecule has 7 heteroatoms. The van der Waals surface area contributed by atoms with Gasteiger partial charge < -0.3 is 19.8 Å². The van der Waals surface area contributed by atoms with Gasteiger partial charge in [0.15, 0.2) is 0 Å². The molecule has 106 valence electrons. The van der Waals surface area contributed by atoms with Crippen LogP contribution in [0, 0.1) is 0 Å². The first kappa shape index (κ1) is 13.8. The van der Waals surface area contributed by atoms with Gasteiger partial charge in [-0.15, -0.1) is 0 Å². The van der Waals surface area contributed by atoms with E-state index in [4.69, 9.17) is 15.3 Å². The molecule has 1 saturated heterocycles. The van der Waals surface area contributed by atoms with Gasteiger partial charge in [-0.05, 0) is 6.42 Å². The van der Waals surface area contributed by atoms with Crippen molar-refractivity contribution in [3.8, 4) is 6.01 Å². The molecular formula is C12H21N5O2. The van der Waals surface area contributed by atoms with Crippen LogP contribution >= 0.6 is 0 Å². The van der Waals surface area contributed by atoms with E-state index in [1.807, 2.05) is 6.07 Å². The van der Waals surface area contributed by atoms with Crippen LogP contribution in [0.4, 0.5) is 11.6 Å². The lowest BCUT2D eigenvalue weighted by atomic mass is 10.4. The quantitative estimate of drug-likeness (QED) is 0.447. The normalized spacial score (nSPS) is 15.4. The van der Waals surface area contributed by atoms with Crippen LogP contribution in [0.1, 0.15) is 19.8 Å². The number of hydrogen-bond donors (Lipinski definition) is 2. The number of nitrogens with one attached hydrogen (secondary N) is 1. The highest BCUT2D eigenvalue weighted by atomic mass is 16.5. The lowest BCUT2D eigenvalue weighted by molar-refractivity contribution is 0.122. The fraction of sp³-hybridized carbons (Fsp3) is 0.667. The third kappa shape index (κ3) is 3.93. The van der Waals surface area contributed by atoms with Gasteiger partial charge in [-0.25, -0.2) is 5.84 Å². The maximum Gasteiger partial charge on any atom is 0.320 e. The number of unbranched alkanes of at least 4 members (excludes halogenated alkanes) is 1. The van der Waals surface area contributed by atoms with Gasteiger partial charge >= 0.3 is 6.01 Å². The van der Waals surface area contributed by atoms with Crippen molar-refractivity contribution in [2.24, 2.45) is 5.84 Å². The number of nitrogens with two attached hydrogens (primary N) is 1. The van der Waals surface area contributed by atoms with Crippen LogP contribution in [0.15, 0.2) is 6.07 Å². The Morgan fingerprint density at radius 1 is 1.42 bits per heavy atom. The molecule has 1 aromatic rings. The summed E-state index contributed by atoms with van der Waals surface area (Å²) in [6.07, 6.45) is 2.06. The summed E-state index contributed by atoms with van der Waals surface area (Å²) in [7, 11) is 0. The summed E-state index contributed by atoms with van der Waals surface area (Å²) in [6.45, 7) is 5.78. The van der Waals surface area contributed by atoms with E-state index in [2.05, 4.69) is 27.2 Å². The molecule has 0 spiro atoms. The lowest BCUT2D eigenvalue weighted by Gasteiger charge is -2.28. The fourth-order valence-electron chi connectivity index (χ4n) is 1.81. The van der Waals surface area contributed by atoms with Crippen LogP contribution in [0.25, 0.3) is 0 Å². The third-order valence-corrected chi connectivity index (χ3v) is 2.90. The number of nitrogen functional groups attached to an aromatic ring is 1. The minimum absolute atomic E-state index is 0.366. The number of anilines is 2. The van der Waals surface area contributed by atoms with E-state index in [0.29, 0.717) is 31.6 Å². The number of hydrazine groups is 1. The van der Waals surface area contributed by atoms with Crippen LogP contribution in [0.5, 0.6) is 6.01 Å². The molecule has 19 heavy (non-hydrogen) atoms. The molecule has 3 N–H and O–H groups in total. The van der Waals surface area contributed by atoms with E-state index in [0.717, 1.165) is 31.7 Å². The third-order valence-electron chi connectivity index (χ3n) is 2.90. The van der Waals surface area contributed by atoms with E-state index < -0.39 is 0 Å². The first-order valence-corrected chi connectivity index (χ1v) is 6.64. The van der Waals surface area contributed by atoms with Gasteiger partial charge in [-0.2, -0.15) is 9.97 Å². The molecule has 0 unspecified atom stereocenters. The topological polar surface area (TPSA) is 85.5 Å². The summed E-state index contributed by atoms with van der Waals surface area (Å²) in [6, 6.07) is 2.18. The number of rotatable bonds is 6. The number of hydrogen-bond acceptors (Lipinski definition) is 7. The Kier molecular flexibility index (Phi) is 5.17. The van der Waals surface area contributed by atoms with Gasteiger partial charge in [0.25, 0.3) is 0 Å². The van der Waals surface area contributed by atoms with E-state index in [1.165, 1.54) is 0 Å². The zero-order valence-electron chi connectivity index (χ0n) is 11.3. The smallest absolute Gasteiger partial charge is 0.320 e. The first-order chi connectivity index (χ1) is 9.33. The van der Waals surface area contributed by atoms with Gasteiger partial charge in [0.1, 0.15) is 11.6 Å².